The van der Waals surface area contributed by atoms with Crippen LogP contribution in [-0.4, -0.2) is 29.7 Å². The van der Waals surface area contributed by atoms with Crippen LogP contribution in [0.1, 0.15) is 6.92 Å². The molecule has 0 aliphatic carbocycles. The second-order valence-electron chi connectivity index (χ2n) is 3.31. The lowest BCUT2D eigenvalue weighted by atomic mass is 10.3. The van der Waals surface area contributed by atoms with Crippen LogP contribution in [0.4, 0.5) is 9.57 Å². The van der Waals surface area contributed by atoms with E-state index in [0.717, 1.165) is 12.1 Å². The highest BCUT2D eigenvalue weighted by Crippen LogP contribution is 2.28. The number of hydrogen-bond donors (Lipinski definition) is 1. The Hall–Kier alpha value is -1.35. The van der Waals surface area contributed by atoms with Crippen molar-refractivity contribution in [2.45, 2.75) is 11.8 Å². The van der Waals surface area contributed by atoms with E-state index in [1.807, 2.05) is 4.72 Å². The third-order valence-electron chi connectivity index (χ3n) is 2.09. The van der Waals surface area contributed by atoms with E-state index in [1.165, 1.54) is 20.1 Å². The Labute approximate surface area is 105 Å². The molecule has 0 bridgehead atoms. The molecule has 0 heterocycles. The molecular formula is C9H12FNO5S2. The van der Waals surface area contributed by atoms with Crippen LogP contribution in [0.5, 0.6) is 5.75 Å². The second kappa shape index (κ2) is 5.11. The van der Waals surface area contributed by atoms with Crippen molar-refractivity contribution in [3.8, 4) is 5.75 Å². The van der Waals surface area contributed by atoms with Crippen LogP contribution in [0.3, 0.4) is 0 Å². The third-order valence-corrected chi connectivity index (χ3v) is 4.27. The minimum absolute atomic E-state index is 0.205. The normalized spacial score (nSPS) is 12.2. The minimum atomic E-state index is -5.02. The number of methoxy groups -OCH3 is 1. The van der Waals surface area contributed by atoms with Crippen molar-refractivity contribution >= 4 is 25.9 Å². The third kappa shape index (κ3) is 3.57. The standard InChI is InChI=1S/C9H12FNO5S2/c1-3-17(12,13)11-8-6-7(16-2)4-5-9(8)18(10,14)15/h4-6,11H,3H2,1-2H3. The van der Waals surface area contributed by atoms with Crippen LogP contribution in [0.15, 0.2) is 23.1 Å². The van der Waals surface area contributed by atoms with Crippen molar-refractivity contribution in [2.75, 3.05) is 17.6 Å². The van der Waals surface area contributed by atoms with Crippen molar-refractivity contribution in [1.29, 1.82) is 0 Å². The molecule has 0 unspecified atom stereocenters. The van der Waals surface area contributed by atoms with Crippen molar-refractivity contribution in [1.82, 2.24) is 0 Å². The molecule has 0 saturated heterocycles. The van der Waals surface area contributed by atoms with E-state index in [4.69, 9.17) is 4.74 Å². The fraction of sp³-hybridized carbons (Fsp3) is 0.333. The molecule has 0 atom stereocenters. The number of halogens is 1. The number of anilines is 1. The van der Waals surface area contributed by atoms with E-state index < -0.39 is 25.1 Å². The summed E-state index contributed by atoms with van der Waals surface area (Å²) < 4.78 is 64.3. The molecule has 0 amide bonds. The number of rotatable bonds is 5. The summed E-state index contributed by atoms with van der Waals surface area (Å²) in [5.41, 5.74) is -0.376. The summed E-state index contributed by atoms with van der Waals surface area (Å²) in [4.78, 5) is -0.750. The molecule has 0 aromatic heterocycles. The van der Waals surface area contributed by atoms with Gasteiger partial charge in [-0.2, -0.15) is 8.42 Å². The van der Waals surface area contributed by atoms with Gasteiger partial charge in [-0.3, -0.25) is 4.72 Å². The lowest BCUT2D eigenvalue weighted by molar-refractivity contribution is 0.414. The number of ether oxygens (including phenoxy) is 1. The average Bonchev–Trinajstić information content (AvgIpc) is 2.27. The average molecular weight is 297 g/mol. The Morgan fingerprint density at radius 1 is 1.28 bits per heavy atom. The van der Waals surface area contributed by atoms with Crippen molar-refractivity contribution in [3.05, 3.63) is 18.2 Å². The first-order chi connectivity index (χ1) is 8.19. The number of hydrogen-bond acceptors (Lipinski definition) is 5. The lowest BCUT2D eigenvalue weighted by Gasteiger charge is -2.10. The Morgan fingerprint density at radius 2 is 1.89 bits per heavy atom. The molecule has 102 valence electrons. The summed E-state index contributed by atoms with van der Waals surface area (Å²) in [6.07, 6.45) is 0. The quantitative estimate of drug-likeness (QED) is 0.822. The van der Waals surface area contributed by atoms with Crippen LogP contribution in [0.25, 0.3) is 0 Å². The highest BCUT2D eigenvalue weighted by molar-refractivity contribution is 7.92. The molecule has 1 rings (SSSR count). The van der Waals surface area contributed by atoms with Gasteiger partial charge in [-0.15, -0.1) is 3.89 Å². The zero-order chi connectivity index (χ0) is 14.0. The van der Waals surface area contributed by atoms with Gasteiger partial charge in [0.05, 0.1) is 18.6 Å². The summed E-state index contributed by atoms with van der Waals surface area (Å²) in [6, 6.07) is 3.25. The Morgan fingerprint density at radius 3 is 2.33 bits per heavy atom. The molecule has 0 spiro atoms. The fourth-order valence-electron chi connectivity index (χ4n) is 1.17. The zero-order valence-corrected chi connectivity index (χ0v) is 11.3. The lowest BCUT2D eigenvalue weighted by Crippen LogP contribution is -2.16. The maximum Gasteiger partial charge on any atom is 0.334 e. The van der Waals surface area contributed by atoms with Crippen LogP contribution in [0.2, 0.25) is 0 Å². The summed E-state index contributed by atoms with van der Waals surface area (Å²) >= 11 is 0. The first kappa shape index (κ1) is 14.7. The van der Waals surface area contributed by atoms with Gasteiger partial charge in [-0.05, 0) is 19.1 Å². The molecular weight excluding hydrogens is 285 g/mol. The molecule has 9 heteroatoms. The first-order valence-electron chi connectivity index (χ1n) is 4.83. The maximum absolute atomic E-state index is 13.0. The first-order valence-corrected chi connectivity index (χ1v) is 7.86. The molecule has 1 N–H and O–H groups in total. The van der Waals surface area contributed by atoms with Crippen LogP contribution < -0.4 is 9.46 Å². The molecule has 1 aromatic rings. The topological polar surface area (TPSA) is 89.5 Å². The summed E-state index contributed by atoms with van der Waals surface area (Å²) in [5.74, 6) is -0.0631. The number of nitrogens with one attached hydrogen (secondary N) is 1. The molecule has 0 saturated carbocycles. The van der Waals surface area contributed by atoms with Gasteiger partial charge in [-0.25, -0.2) is 8.42 Å². The van der Waals surface area contributed by atoms with Crippen LogP contribution >= 0.6 is 0 Å². The Bertz CT molecular complexity index is 639. The minimum Gasteiger partial charge on any atom is -0.497 e. The van der Waals surface area contributed by atoms with Gasteiger partial charge in [0.2, 0.25) is 10.0 Å². The van der Waals surface area contributed by atoms with E-state index >= 15 is 0 Å². The highest BCUT2D eigenvalue weighted by Gasteiger charge is 2.21. The summed E-state index contributed by atoms with van der Waals surface area (Å²) in [7, 11) is -7.42. The largest absolute Gasteiger partial charge is 0.497 e. The van der Waals surface area contributed by atoms with E-state index in [0.29, 0.717) is 0 Å². The van der Waals surface area contributed by atoms with E-state index in [2.05, 4.69) is 0 Å². The SMILES string of the molecule is CCS(=O)(=O)Nc1cc(OC)ccc1S(=O)(=O)F. The number of sulfonamides is 1. The zero-order valence-electron chi connectivity index (χ0n) is 9.67. The van der Waals surface area contributed by atoms with Crippen LogP contribution in [0, 0.1) is 0 Å². The molecule has 0 aliphatic rings. The Kier molecular flexibility index (Phi) is 4.17. The Balaban J connectivity index is 3.39. The van der Waals surface area contributed by atoms with Gasteiger partial charge >= 0.3 is 10.2 Å². The highest BCUT2D eigenvalue weighted by atomic mass is 32.3. The monoisotopic (exact) mass is 297 g/mol. The van der Waals surface area contributed by atoms with Gasteiger partial charge in [0.15, 0.2) is 0 Å². The molecule has 0 radical (unpaired) electrons. The molecule has 0 fully saturated rings. The maximum atomic E-state index is 13.0. The molecule has 1 aromatic carbocycles. The van der Waals surface area contributed by atoms with Crippen molar-refractivity contribution in [2.24, 2.45) is 0 Å². The van der Waals surface area contributed by atoms with Crippen molar-refractivity contribution < 1.29 is 25.5 Å². The molecule has 0 aliphatic heterocycles. The molecule has 18 heavy (non-hydrogen) atoms. The van der Waals surface area contributed by atoms with E-state index in [9.17, 15) is 20.7 Å². The van der Waals surface area contributed by atoms with Crippen LogP contribution in [-0.2, 0) is 20.2 Å². The fourth-order valence-corrected chi connectivity index (χ4v) is 2.48. The van der Waals surface area contributed by atoms with Gasteiger partial charge in [-0.1, -0.05) is 0 Å². The smallest absolute Gasteiger partial charge is 0.334 e. The van der Waals surface area contributed by atoms with Gasteiger partial charge < -0.3 is 4.74 Å². The van der Waals surface area contributed by atoms with Crippen molar-refractivity contribution in [3.63, 3.8) is 0 Å². The van der Waals surface area contributed by atoms with Gasteiger partial charge in [0, 0.05) is 6.07 Å². The predicted molar refractivity (Wildman–Crippen MR) is 64.4 cm³/mol. The summed E-state index contributed by atoms with van der Waals surface area (Å²) in [6.45, 7) is 1.37. The van der Waals surface area contributed by atoms with Gasteiger partial charge in [0.25, 0.3) is 0 Å². The second-order valence-corrected chi connectivity index (χ2v) is 6.63. The van der Waals surface area contributed by atoms with Gasteiger partial charge in [0.1, 0.15) is 10.6 Å². The molecule has 6 nitrogen and oxygen atoms in total. The number of benzene rings is 1. The van der Waals surface area contributed by atoms with E-state index in [-0.39, 0.29) is 17.2 Å². The summed E-state index contributed by atoms with van der Waals surface area (Å²) in [5, 5.41) is 0. The predicted octanol–water partition coefficient (Wildman–Crippen LogP) is 1.11. The van der Waals surface area contributed by atoms with E-state index in [1.54, 1.807) is 0 Å².